The first-order valence-corrected chi connectivity index (χ1v) is 9.40. The number of halogens is 1. The zero-order chi connectivity index (χ0) is 17.5. The maximum atomic E-state index is 13.5. The highest BCUT2D eigenvalue weighted by molar-refractivity contribution is 8.06. The molecule has 132 valence electrons. The summed E-state index contributed by atoms with van der Waals surface area (Å²) >= 11 is 4.35. The molecule has 2 aromatic rings. The molecule has 0 aliphatic carbocycles. The van der Waals surface area contributed by atoms with E-state index in [9.17, 15) is 9.18 Å². The van der Waals surface area contributed by atoms with Crippen LogP contribution >= 0.6 is 6.72 Å². The number of nitrogens with zero attached hydrogens (tertiary/aromatic N) is 4. The number of aromatic amines is 1. The fourth-order valence-electron chi connectivity index (χ4n) is 2.46. The third-order valence-corrected chi connectivity index (χ3v) is 4.38. The Labute approximate surface area is 138 Å². The summed E-state index contributed by atoms with van der Waals surface area (Å²) in [6.45, 7) is -5.28. The van der Waals surface area contributed by atoms with Crippen LogP contribution in [0.4, 0.5) is 10.3 Å². The number of fused-ring (bicyclic) bond motifs is 1. The van der Waals surface area contributed by atoms with Gasteiger partial charge in [-0.05, 0) is 24.6 Å². The van der Waals surface area contributed by atoms with E-state index in [0.29, 0.717) is 6.42 Å². The van der Waals surface area contributed by atoms with Gasteiger partial charge >= 0.3 is 6.72 Å². The van der Waals surface area contributed by atoms with Crippen LogP contribution in [0.2, 0.25) is 0 Å². The standard InChI is InChI=1S/C10H14FN6O5PS/c11-3-10(4-21-23(19,20)24)2-1-5(22-10)17-7-6(15-16-17)8(18)14-9(12)13-7/h5H,1-4H2,(H2,19,20,24)(H3,12,13,14,18)/t5-,10-/m1/s1. The number of nitrogens with one attached hydrogen (secondary N) is 1. The van der Waals surface area contributed by atoms with Crippen LogP contribution in [0.3, 0.4) is 0 Å². The van der Waals surface area contributed by atoms with Crippen molar-refractivity contribution in [3.05, 3.63) is 10.4 Å². The van der Waals surface area contributed by atoms with Gasteiger partial charge in [-0.15, -0.1) is 5.10 Å². The molecule has 0 amide bonds. The molecule has 0 spiro atoms. The molecule has 0 saturated carbocycles. The summed E-state index contributed by atoms with van der Waals surface area (Å²) in [5.74, 6) is -0.115. The van der Waals surface area contributed by atoms with Crippen LogP contribution in [0.25, 0.3) is 11.2 Å². The van der Waals surface area contributed by atoms with Crippen LogP contribution in [0.5, 0.6) is 0 Å². The van der Waals surface area contributed by atoms with Gasteiger partial charge in [-0.1, -0.05) is 5.21 Å². The summed E-state index contributed by atoms with van der Waals surface area (Å²) in [5.41, 5.74) is 3.63. The zero-order valence-corrected chi connectivity index (χ0v) is 13.8. The molecule has 24 heavy (non-hydrogen) atoms. The monoisotopic (exact) mass is 380 g/mol. The first-order chi connectivity index (χ1) is 11.2. The lowest BCUT2D eigenvalue weighted by Crippen LogP contribution is -2.36. The number of anilines is 1. The molecule has 0 unspecified atom stereocenters. The summed E-state index contributed by atoms with van der Waals surface area (Å²) in [7, 11) is 0. The number of hydrogen-bond acceptors (Lipinski definition) is 8. The second kappa shape index (κ2) is 6.10. The Hall–Kier alpha value is -1.50. The number of hydrogen-bond donors (Lipinski definition) is 4. The van der Waals surface area contributed by atoms with E-state index in [1.807, 2.05) is 0 Å². The second-order valence-corrected chi connectivity index (χ2v) is 8.02. The summed E-state index contributed by atoms with van der Waals surface area (Å²) < 4.78 is 25.1. The van der Waals surface area contributed by atoms with E-state index in [-0.39, 0.29) is 23.5 Å². The van der Waals surface area contributed by atoms with Crippen LogP contribution in [0.15, 0.2) is 4.79 Å². The largest absolute Gasteiger partial charge is 0.369 e. The van der Waals surface area contributed by atoms with Crippen molar-refractivity contribution in [3.63, 3.8) is 0 Å². The molecular weight excluding hydrogens is 366 g/mol. The number of nitrogen functional groups attached to an aromatic ring is 1. The molecule has 0 radical (unpaired) electrons. The minimum absolute atomic E-state index is 0.0250. The highest BCUT2D eigenvalue weighted by Gasteiger charge is 2.43. The van der Waals surface area contributed by atoms with Gasteiger partial charge in [0.1, 0.15) is 12.3 Å². The van der Waals surface area contributed by atoms with Crippen molar-refractivity contribution >= 4 is 35.6 Å². The predicted octanol–water partition coefficient (Wildman–Crippen LogP) is -0.660. The van der Waals surface area contributed by atoms with Crippen molar-refractivity contribution in [2.75, 3.05) is 19.0 Å². The van der Waals surface area contributed by atoms with Gasteiger partial charge in [0.15, 0.2) is 17.4 Å². The normalized spacial score (nSPS) is 24.7. The van der Waals surface area contributed by atoms with Crippen LogP contribution < -0.4 is 11.3 Å². The molecule has 1 aliphatic rings. The highest BCUT2D eigenvalue weighted by Crippen LogP contribution is 2.43. The van der Waals surface area contributed by atoms with Crippen LogP contribution in [-0.4, -0.2) is 53.6 Å². The number of alkyl halides is 1. The number of nitrogens with two attached hydrogens (primary N) is 1. The van der Waals surface area contributed by atoms with Crippen molar-refractivity contribution in [2.45, 2.75) is 24.7 Å². The molecular formula is C10H14FN6O5PS. The summed E-state index contributed by atoms with van der Waals surface area (Å²) in [4.78, 5) is 36.3. The topological polar surface area (TPSA) is 161 Å². The van der Waals surface area contributed by atoms with Crippen molar-refractivity contribution in [2.24, 2.45) is 0 Å². The maximum Gasteiger partial charge on any atom is 0.321 e. The first-order valence-electron chi connectivity index (χ1n) is 6.78. The number of ether oxygens (including phenoxy) is 1. The lowest BCUT2D eigenvalue weighted by molar-refractivity contribution is -0.107. The molecule has 0 bridgehead atoms. The van der Waals surface area contributed by atoms with Crippen LogP contribution in [0.1, 0.15) is 19.1 Å². The van der Waals surface area contributed by atoms with E-state index in [1.54, 1.807) is 0 Å². The molecule has 3 rings (SSSR count). The SMILES string of the molecule is Nc1nc2c(nnn2[C@H]2CC[C@@](CF)(COP(O)(O)=S)O2)c(=O)[nH]1. The summed E-state index contributed by atoms with van der Waals surface area (Å²) in [5, 5.41) is 7.53. The Morgan fingerprint density at radius 2 is 2.38 bits per heavy atom. The molecule has 3 heterocycles. The Morgan fingerprint density at radius 1 is 1.62 bits per heavy atom. The van der Waals surface area contributed by atoms with Crippen LogP contribution in [-0.2, 0) is 21.1 Å². The van der Waals surface area contributed by atoms with Crippen molar-refractivity contribution in [1.29, 1.82) is 0 Å². The lowest BCUT2D eigenvalue weighted by Gasteiger charge is -2.26. The van der Waals surface area contributed by atoms with Gasteiger partial charge in [0, 0.05) is 0 Å². The minimum atomic E-state index is -3.93. The number of rotatable bonds is 5. The zero-order valence-electron chi connectivity index (χ0n) is 12.1. The van der Waals surface area contributed by atoms with E-state index in [2.05, 4.69) is 32.1 Å². The van der Waals surface area contributed by atoms with Crippen molar-refractivity contribution in [1.82, 2.24) is 25.0 Å². The Morgan fingerprint density at radius 3 is 3.04 bits per heavy atom. The van der Waals surface area contributed by atoms with Gasteiger partial charge < -0.3 is 24.8 Å². The quantitative estimate of drug-likeness (QED) is 0.490. The van der Waals surface area contributed by atoms with E-state index in [4.69, 9.17) is 24.8 Å². The molecule has 1 saturated heterocycles. The Kier molecular flexibility index (Phi) is 4.40. The van der Waals surface area contributed by atoms with Gasteiger partial charge in [0.05, 0.1) is 6.61 Å². The second-order valence-electron chi connectivity index (χ2n) is 5.35. The van der Waals surface area contributed by atoms with Crippen molar-refractivity contribution < 1.29 is 23.4 Å². The molecule has 11 nitrogen and oxygen atoms in total. The highest BCUT2D eigenvalue weighted by atomic mass is 32.5. The molecule has 5 N–H and O–H groups in total. The van der Waals surface area contributed by atoms with Crippen molar-refractivity contribution in [3.8, 4) is 0 Å². The fourth-order valence-corrected chi connectivity index (χ4v) is 3.02. The van der Waals surface area contributed by atoms with E-state index >= 15 is 0 Å². The van der Waals surface area contributed by atoms with E-state index in [1.165, 1.54) is 4.68 Å². The molecule has 1 fully saturated rings. The van der Waals surface area contributed by atoms with E-state index in [0.717, 1.165) is 0 Å². The summed E-state index contributed by atoms with van der Waals surface area (Å²) in [6, 6.07) is 0. The lowest BCUT2D eigenvalue weighted by atomic mass is 10.0. The average molecular weight is 380 g/mol. The fraction of sp³-hybridized carbons (Fsp3) is 0.600. The first kappa shape index (κ1) is 17.3. The number of aromatic nitrogens is 5. The molecule has 14 heteroatoms. The smallest absolute Gasteiger partial charge is 0.321 e. The Balaban J connectivity index is 1.87. The molecule has 2 atom stereocenters. The van der Waals surface area contributed by atoms with Gasteiger partial charge in [0.25, 0.3) is 5.56 Å². The summed E-state index contributed by atoms with van der Waals surface area (Å²) in [6.07, 6.45) is -0.234. The average Bonchev–Trinajstić information content (AvgIpc) is 3.09. The van der Waals surface area contributed by atoms with E-state index < -0.39 is 37.4 Å². The molecule has 2 aromatic heterocycles. The van der Waals surface area contributed by atoms with Gasteiger partial charge in [-0.3, -0.25) is 9.78 Å². The minimum Gasteiger partial charge on any atom is -0.369 e. The van der Waals surface area contributed by atoms with Gasteiger partial charge in [-0.25, -0.2) is 4.39 Å². The number of H-pyrrole nitrogens is 1. The van der Waals surface area contributed by atoms with Gasteiger partial charge in [0.2, 0.25) is 5.95 Å². The van der Waals surface area contributed by atoms with Gasteiger partial charge in [-0.2, -0.15) is 9.67 Å². The predicted molar refractivity (Wildman–Crippen MR) is 83.1 cm³/mol. The molecule has 1 aliphatic heterocycles. The Bertz CT molecular complexity index is 869. The third kappa shape index (κ3) is 3.31. The van der Waals surface area contributed by atoms with Crippen LogP contribution in [0, 0.1) is 0 Å². The third-order valence-electron chi connectivity index (χ3n) is 3.60. The maximum absolute atomic E-state index is 13.5. The molecule has 0 aromatic carbocycles.